The Bertz CT molecular complexity index is 462. The molecule has 0 aromatic rings. The Morgan fingerprint density at radius 1 is 0.867 bits per heavy atom. The van der Waals surface area contributed by atoms with E-state index in [1.807, 2.05) is 27.7 Å². The molecule has 5 rings (SSSR count). The highest BCUT2D eigenvalue weighted by Crippen LogP contribution is 2.47. The van der Waals surface area contributed by atoms with Crippen LogP contribution in [0.4, 0.5) is 0 Å². The maximum Gasteiger partial charge on any atom is 0.0718 e. The van der Waals surface area contributed by atoms with Crippen molar-refractivity contribution in [3.8, 4) is 0 Å². The van der Waals surface area contributed by atoms with E-state index in [0.29, 0.717) is 31.4 Å². The third-order valence-electron chi connectivity index (χ3n) is 7.18. The van der Waals surface area contributed by atoms with Crippen molar-refractivity contribution >= 4 is 0 Å². The van der Waals surface area contributed by atoms with Gasteiger partial charge >= 0.3 is 0 Å². The quantitative estimate of drug-likeness (QED) is 0.678. The third-order valence-corrected chi connectivity index (χ3v) is 7.18. The molecular weight excluding hydrogens is 380 g/mol. The predicted molar refractivity (Wildman–Crippen MR) is 122 cm³/mol. The first-order valence-electron chi connectivity index (χ1n) is 12.5. The van der Waals surface area contributed by atoms with Crippen LogP contribution in [0.5, 0.6) is 0 Å². The van der Waals surface area contributed by atoms with Gasteiger partial charge in [-0.05, 0) is 39.0 Å². The number of ether oxygens (including phenoxy) is 2. The van der Waals surface area contributed by atoms with Crippen LogP contribution in [0.3, 0.4) is 0 Å². The number of aliphatic hydroxyl groups excluding tert-OH is 2. The topological polar surface area (TPSA) is 65.4 Å². The van der Waals surface area contributed by atoms with Crippen LogP contribution >= 0.6 is 0 Å². The third kappa shape index (κ3) is 6.88. The van der Waals surface area contributed by atoms with Crippen molar-refractivity contribution < 1.29 is 19.7 Å². The molecular formula is C24H48N2O4. The summed E-state index contributed by atoms with van der Waals surface area (Å²) in [5, 5.41) is 18.4. The molecule has 6 heteroatoms. The van der Waals surface area contributed by atoms with Gasteiger partial charge in [-0.15, -0.1) is 0 Å². The van der Waals surface area contributed by atoms with Gasteiger partial charge < -0.3 is 19.7 Å². The van der Waals surface area contributed by atoms with E-state index >= 15 is 0 Å². The summed E-state index contributed by atoms with van der Waals surface area (Å²) >= 11 is 0. The minimum Gasteiger partial charge on any atom is -0.396 e. The molecule has 30 heavy (non-hydrogen) atoms. The van der Waals surface area contributed by atoms with E-state index in [2.05, 4.69) is 16.7 Å². The van der Waals surface area contributed by atoms with Crippen molar-refractivity contribution in [2.75, 3.05) is 59.2 Å². The first kappa shape index (κ1) is 26.0. The van der Waals surface area contributed by atoms with E-state index < -0.39 is 0 Å². The lowest BCUT2D eigenvalue weighted by atomic mass is 10.1. The van der Waals surface area contributed by atoms with E-state index in [0.717, 1.165) is 46.0 Å². The van der Waals surface area contributed by atoms with Crippen LogP contribution in [0, 0.1) is 10.8 Å². The lowest BCUT2D eigenvalue weighted by molar-refractivity contribution is -0.0142. The van der Waals surface area contributed by atoms with E-state index in [9.17, 15) is 10.2 Å². The molecule has 2 saturated carbocycles. The highest BCUT2D eigenvalue weighted by molar-refractivity contribution is 5.00. The fraction of sp³-hybridized carbons (Fsp3) is 1.00. The molecule has 5 aliphatic rings. The minimum atomic E-state index is 0.256. The number of hydrogen-bond acceptors (Lipinski definition) is 6. The maximum absolute atomic E-state index is 9.23. The Labute approximate surface area is 184 Å². The normalized spacial score (nSPS) is 32.7. The Hall–Kier alpha value is -0.240. The molecule has 5 fully saturated rings. The van der Waals surface area contributed by atoms with Gasteiger partial charge in [-0.1, -0.05) is 27.7 Å². The largest absolute Gasteiger partial charge is 0.396 e. The summed E-state index contributed by atoms with van der Waals surface area (Å²) in [6.07, 6.45) is 6.57. The molecule has 0 radical (unpaired) electrons. The Balaban J connectivity index is 0.000000184. The second-order valence-electron chi connectivity index (χ2n) is 9.48. The van der Waals surface area contributed by atoms with Crippen molar-refractivity contribution in [3.05, 3.63) is 0 Å². The van der Waals surface area contributed by atoms with Crippen molar-refractivity contribution in [2.24, 2.45) is 10.8 Å². The summed E-state index contributed by atoms with van der Waals surface area (Å²) in [5.74, 6) is 0. The molecule has 3 saturated heterocycles. The van der Waals surface area contributed by atoms with Crippen LogP contribution in [0.25, 0.3) is 0 Å². The molecule has 178 valence electrons. The SMILES string of the molecule is CC.CC.C[C@@H]1COCCN1CC1(CO)CC1.OCC1(CN2C[C@H]3C[C@@H]2CO3)CC1. The zero-order valence-electron chi connectivity index (χ0n) is 20.2. The molecule has 0 spiro atoms. The summed E-state index contributed by atoms with van der Waals surface area (Å²) in [6, 6.07) is 1.19. The Kier molecular flexibility index (Phi) is 10.5. The highest BCUT2D eigenvalue weighted by Gasteiger charge is 2.48. The molecule has 2 aliphatic carbocycles. The van der Waals surface area contributed by atoms with E-state index in [-0.39, 0.29) is 10.8 Å². The van der Waals surface area contributed by atoms with Crippen LogP contribution in [-0.2, 0) is 9.47 Å². The van der Waals surface area contributed by atoms with Crippen molar-refractivity contribution in [1.29, 1.82) is 0 Å². The smallest absolute Gasteiger partial charge is 0.0718 e. The monoisotopic (exact) mass is 428 g/mol. The molecule has 2 bridgehead atoms. The molecule has 0 unspecified atom stereocenters. The van der Waals surface area contributed by atoms with Gasteiger partial charge in [-0.2, -0.15) is 0 Å². The first-order chi connectivity index (χ1) is 14.6. The van der Waals surface area contributed by atoms with Crippen LogP contribution in [0.2, 0.25) is 0 Å². The van der Waals surface area contributed by atoms with E-state index in [1.165, 1.54) is 32.1 Å². The molecule has 2 N–H and O–H groups in total. The number of rotatable bonds is 6. The summed E-state index contributed by atoms with van der Waals surface area (Å²) in [7, 11) is 0. The number of fused-ring (bicyclic) bond motifs is 2. The fourth-order valence-corrected chi connectivity index (χ4v) is 4.62. The fourth-order valence-electron chi connectivity index (χ4n) is 4.62. The van der Waals surface area contributed by atoms with E-state index in [1.54, 1.807) is 0 Å². The standard InChI is InChI=1S/C10H17NO2.C10H19NO2.2C2H6/c12-7-10(1-2-10)6-11-4-9-3-8(11)5-13-9;1-9-6-13-5-4-11(9)7-10(8-12)2-3-10;2*1-2/h8-9,12H,1-7H2;9,12H,2-8H2,1H3;2*1-2H3/t8-,9-;9-;;/m11../s1. The van der Waals surface area contributed by atoms with Crippen LogP contribution in [-0.4, -0.2) is 97.4 Å². The Morgan fingerprint density at radius 3 is 1.83 bits per heavy atom. The van der Waals surface area contributed by atoms with Gasteiger partial charge in [0, 0.05) is 62.3 Å². The predicted octanol–water partition coefficient (Wildman–Crippen LogP) is 2.76. The van der Waals surface area contributed by atoms with Crippen molar-refractivity contribution in [3.63, 3.8) is 0 Å². The number of hydrogen-bond donors (Lipinski definition) is 2. The summed E-state index contributed by atoms with van der Waals surface area (Å²) in [5.41, 5.74) is 0.538. The second kappa shape index (κ2) is 12.1. The zero-order chi connectivity index (χ0) is 22.2. The lowest BCUT2D eigenvalue weighted by Gasteiger charge is -2.35. The summed E-state index contributed by atoms with van der Waals surface area (Å²) in [4.78, 5) is 4.98. The number of aliphatic hydroxyl groups is 2. The number of morpholine rings is 2. The van der Waals surface area contributed by atoms with Gasteiger partial charge in [0.2, 0.25) is 0 Å². The number of likely N-dealkylation sites (tertiary alicyclic amines) is 1. The minimum absolute atomic E-state index is 0.256. The van der Waals surface area contributed by atoms with Gasteiger partial charge in [-0.25, -0.2) is 0 Å². The van der Waals surface area contributed by atoms with Gasteiger partial charge in [0.15, 0.2) is 0 Å². The van der Waals surface area contributed by atoms with E-state index in [4.69, 9.17) is 9.47 Å². The molecule has 3 atom stereocenters. The molecule has 0 aromatic heterocycles. The molecule has 3 heterocycles. The van der Waals surface area contributed by atoms with Gasteiger partial charge in [0.1, 0.15) is 0 Å². The van der Waals surface area contributed by atoms with Crippen molar-refractivity contribution in [2.45, 2.75) is 84.9 Å². The second-order valence-corrected chi connectivity index (χ2v) is 9.48. The molecule has 3 aliphatic heterocycles. The highest BCUT2D eigenvalue weighted by atomic mass is 16.5. The molecule has 0 aromatic carbocycles. The van der Waals surface area contributed by atoms with Crippen molar-refractivity contribution in [1.82, 2.24) is 9.80 Å². The average Bonchev–Trinajstić information content (AvgIpc) is 3.67. The van der Waals surface area contributed by atoms with Crippen LogP contribution in [0.1, 0.15) is 66.7 Å². The zero-order valence-corrected chi connectivity index (χ0v) is 20.2. The van der Waals surface area contributed by atoms with Gasteiger partial charge in [0.05, 0.1) is 25.9 Å². The van der Waals surface area contributed by atoms with Gasteiger partial charge in [-0.3, -0.25) is 9.80 Å². The number of nitrogens with zero attached hydrogens (tertiary/aromatic N) is 2. The van der Waals surface area contributed by atoms with Crippen LogP contribution < -0.4 is 0 Å². The summed E-state index contributed by atoms with van der Waals surface area (Å²) < 4.78 is 10.9. The van der Waals surface area contributed by atoms with Gasteiger partial charge in [0.25, 0.3) is 0 Å². The average molecular weight is 429 g/mol. The first-order valence-corrected chi connectivity index (χ1v) is 12.5. The maximum atomic E-state index is 9.23. The summed E-state index contributed by atoms with van der Waals surface area (Å²) in [6.45, 7) is 17.9. The Morgan fingerprint density at radius 2 is 1.43 bits per heavy atom. The lowest BCUT2D eigenvalue weighted by Crippen LogP contribution is -2.46. The molecule has 6 nitrogen and oxygen atoms in total. The van der Waals surface area contributed by atoms with Crippen LogP contribution in [0.15, 0.2) is 0 Å². The molecule has 0 amide bonds.